The van der Waals surface area contributed by atoms with Crippen LogP contribution in [0.2, 0.25) is 0 Å². The number of carbonyl (C=O) groups excluding carboxylic acids is 2. The van der Waals surface area contributed by atoms with Crippen LogP contribution in [0.5, 0.6) is 0 Å². The number of carboxylic acid groups (broad SMARTS) is 1. The summed E-state index contributed by atoms with van der Waals surface area (Å²) in [5, 5.41) is 16.9. The summed E-state index contributed by atoms with van der Waals surface area (Å²) in [6, 6.07) is 0.851. The summed E-state index contributed by atoms with van der Waals surface area (Å²) < 4.78 is 4.57. The van der Waals surface area contributed by atoms with Crippen molar-refractivity contribution in [3.63, 3.8) is 0 Å². The summed E-state index contributed by atoms with van der Waals surface area (Å²) in [7, 11) is 0. The number of nitrogens with zero attached hydrogens (tertiary/aromatic N) is 1. The lowest BCUT2D eigenvalue weighted by atomic mass is 9.89. The largest absolute Gasteiger partial charge is 0.481 e. The summed E-state index contributed by atoms with van der Waals surface area (Å²) in [4.78, 5) is 33.6. The summed E-state index contributed by atoms with van der Waals surface area (Å²) in [5.74, 6) is -1.77. The molecule has 0 saturated heterocycles. The van der Waals surface area contributed by atoms with Gasteiger partial charge in [-0.3, -0.25) is 14.9 Å². The van der Waals surface area contributed by atoms with Gasteiger partial charge in [-0.25, -0.2) is 4.79 Å². The monoisotopic (exact) mass is 269 g/mol. The van der Waals surface area contributed by atoms with Crippen LogP contribution in [-0.2, 0) is 16.1 Å². The van der Waals surface area contributed by atoms with Crippen molar-refractivity contribution < 1.29 is 24.0 Å². The number of amides is 3. The zero-order valence-electron chi connectivity index (χ0n) is 10.6. The van der Waals surface area contributed by atoms with E-state index in [0.29, 0.717) is 5.69 Å². The lowest BCUT2D eigenvalue weighted by molar-refractivity contribution is -0.149. The van der Waals surface area contributed by atoms with Crippen molar-refractivity contribution in [3.05, 3.63) is 18.0 Å². The van der Waals surface area contributed by atoms with Gasteiger partial charge in [0.05, 0.1) is 12.0 Å². The van der Waals surface area contributed by atoms with E-state index in [9.17, 15) is 14.4 Å². The van der Waals surface area contributed by atoms with Crippen LogP contribution in [0.4, 0.5) is 4.79 Å². The van der Waals surface area contributed by atoms with Crippen molar-refractivity contribution in [2.24, 2.45) is 5.41 Å². The number of rotatable bonds is 5. The van der Waals surface area contributed by atoms with Gasteiger partial charge in [0.2, 0.25) is 5.91 Å². The number of carboxylic acids is 1. The van der Waals surface area contributed by atoms with Gasteiger partial charge in [0.15, 0.2) is 0 Å². The van der Waals surface area contributed by atoms with Gasteiger partial charge in [0.25, 0.3) is 0 Å². The van der Waals surface area contributed by atoms with E-state index in [1.54, 1.807) is 6.07 Å². The molecule has 0 aliphatic heterocycles. The van der Waals surface area contributed by atoms with Gasteiger partial charge < -0.3 is 14.9 Å². The Balaban J connectivity index is 2.36. The summed E-state index contributed by atoms with van der Waals surface area (Å²) in [5.41, 5.74) is -0.718. The molecular formula is C11H15N3O5. The number of aliphatic carboxylic acids is 1. The van der Waals surface area contributed by atoms with Gasteiger partial charge >= 0.3 is 12.0 Å². The first-order valence-electron chi connectivity index (χ1n) is 5.51. The minimum atomic E-state index is -1.23. The second-order valence-corrected chi connectivity index (χ2v) is 4.59. The number of nitrogens with one attached hydrogen (secondary N) is 2. The van der Waals surface area contributed by atoms with Crippen LogP contribution in [-0.4, -0.2) is 28.2 Å². The quantitative estimate of drug-likeness (QED) is 0.715. The van der Waals surface area contributed by atoms with E-state index in [0.717, 1.165) is 0 Å². The Bertz CT molecular complexity index is 467. The summed E-state index contributed by atoms with van der Waals surface area (Å²) in [6.45, 7) is 2.92. The lowest BCUT2D eigenvalue weighted by Crippen LogP contribution is -2.41. The minimum absolute atomic E-state index is 0.109. The van der Waals surface area contributed by atoms with Crippen molar-refractivity contribution in [2.45, 2.75) is 26.8 Å². The van der Waals surface area contributed by atoms with E-state index in [2.05, 4.69) is 15.0 Å². The van der Waals surface area contributed by atoms with Gasteiger partial charge in [-0.05, 0) is 13.8 Å². The van der Waals surface area contributed by atoms with Crippen LogP contribution < -0.4 is 10.6 Å². The van der Waals surface area contributed by atoms with Crippen LogP contribution in [0, 0.1) is 5.41 Å². The molecule has 1 aromatic rings. The van der Waals surface area contributed by atoms with E-state index in [1.807, 2.05) is 5.32 Å². The number of hydrogen-bond donors (Lipinski definition) is 3. The first-order chi connectivity index (χ1) is 8.81. The number of imide groups is 1. The van der Waals surface area contributed by atoms with Gasteiger partial charge in [0, 0.05) is 12.5 Å². The summed E-state index contributed by atoms with van der Waals surface area (Å²) >= 11 is 0. The molecule has 8 heteroatoms. The average Bonchev–Trinajstić information content (AvgIpc) is 2.77. The highest BCUT2D eigenvalue weighted by Crippen LogP contribution is 2.19. The van der Waals surface area contributed by atoms with Gasteiger partial charge in [-0.2, -0.15) is 0 Å². The Hall–Kier alpha value is -2.38. The number of carbonyl (C=O) groups is 3. The molecule has 19 heavy (non-hydrogen) atoms. The molecule has 0 atom stereocenters. The summed E-state index contributed by atoms with van der Waals surface area (Å²) in [6.07, 6.45) is 1.06. The average molecular weight is 269 g/mol. The van der Waals surface area contributed by atoms with Crippen molar-refractivity contribution in [2.75, 3.05) is 0 Å². The fourth-order valence-electron chi connectivity index (χ4n) is 1.19. The van der Waals surface area contributed by atoms with Gasteiger partial charge in [-0.15, -0.1) is 0 Å². The fraction of sp³-hybridized carbons (Fsp3) is 0.455. The molecule has 0 saturated carbocycles. The molecule has 1 aromatic heterocycles. The third-order valence-corrected chi connectivity index (χ3v) is 2.36. The molecular weight excluding hydrogens is 254 g/mol. The van der Waals surface area contributed by atoms with Crippen molar-refractivity contribution >= 4 is 17.9 Å². The third-order valence-electron chi connectivity index (χ3n) is 2.36. The Morgan fingerprint density at radius 3 is 2.63 bits per heavy atom. The second kappa shape index (κ2) is 5.98. The molecule has 0 aliphatic carbocycles. The predicted molar refractivity (Wildman–Crippen MR) is 62.9 cm³/mol. The first-order valence-corrected chi connectivity index (χ1v) is 5.51. The Morgan fingerprint density at radius 1 is 1.42 bits per heavy atom. The normalized spacial score (nSPS) is 10.8. The van der Waals surface area contributed by atoms with E-state index < -0.39 is 23.3 Å². The lowest BCUT2D eigenvalue weighted by Gasteiger charge is -2.17. The molecule has 1 heterocycles. The van der Waals surface area contributed by atoms with Gasteiger partial charge in [0.1, 0.15) is 12.0 Å². The van der Waals surface area contributed by atoms with E-state index in [1.165, 1.54) is 20.1 Å². The zero-order valence-corrected chi connectivity index (χ0v) is 10.6. The van der Waals surface area contributed by atoms with Crippen molar-refractivity contribution in [3.8, 4) is 0 Å². The maximum Gasteiger partial charge on any atom is 0.321 e. The highest BCUT2D eigenvalue weighted by atomic mass is 16.5. The molecule has 0 unspecified atom stereocenters. The van der Waals surface area contributed by atoms with Crippen LogP contribution >= 0.6 is 0 Å². The molecule has 3 N–H and O–H groups in total. The highest BCUT2D eigenvalue weighted by molar-refractivity contribution is 5.96. The fourth-order valence-corrected chi connectivity index (χ4v) is 1.19. The number of aromatic nitrogens is 1. The Kier molecular flexibility index (Phi) is 4.62. The third kappa shape index (κ3) is 4.78. The van der Waals surface area contributed by atoms with Crippen LogP contribution in [0.1, 0.15) is 26.0 Å². The molecule has 104 valence electrons. The van der Waals surface area contributed by atoms with E-state index >= 15 is 0 Å². The van der Waals surface area contributed by atoms with Crippen molar-refractivity contribution in [1.29, 1.82) is 0 Å². The number of hydrogen-bond acceptors (Lipinski definition) is 5. The van der Waals surface area contributed by atoms with Crippen molar-refractivity contribution in [1.82, 2.24) is 15.8 Å². The second-order valence-electron chi connectivity index (χ2n) is 4.59. The van der Waals surface area contributed by atoms with E-state index in [-0.39, 0.29) is 13.0 Å². The SMILES string of the molecule is CC(C)(CC(=O)NC(=O)NCc1ccon1)C(=O)O. The molecule has 8 nitrogen and oxygen atoms in total. The number of urea groups is 1. The molecule has 3 amide bonds. The van der Waals surface area contributed by atoms with Crippen LogP contribution in [0.3, 0.4) is 0 Å². The predicted octanol–water partition coefficient (Wildman–Crippen LogP) is 0.501. The smallest absolute Gasteiger partial charge is 0.321 e. The van der Waals surface area contributed by atoms with Crippen LogP contribution in [0.15, 0.2) is 16.9 Å². The molecule has 0 spiro atoms. The molecule has 0 aromatic carbocycles. The Morgan fingerprint density at radius 2 is 2.11 bits per heavy atom. The molecule has 0 fully saturated rings. The molecule has 0 aliphatic rings. The topological polar surface area (TPSA) is 122 Å². The zero-order chi connectivity index (χ0) is 14.5. The maximum atomic E-state index is 11.5. The molecule has 0 bridgehead atoms. The standard InChI is InChI=1S/C11H15N3O5/c1-11(2,9(16)17)5-8(15)13-10(18)12-6-7-3-4-19-14-7/h3-4H,5-6H2,1-2H3,(H,16,17)(H2,12,13,15,18). The highest BCUT2D eigenvalue weighted by Gasteiger charge is 2.30. The maximum absolute atomic E-state index is 11.5. The molecule has 0 radical (unpaired) electrons. The van der Waals surface area contributed by atoms with E-state index in [4.69, 9.17) is 5.11 Å². The Labute approximate surface area is 109 Å². The molecule has 1 rings (SSSR count). The van der Waals surface area contributed by atoms with Crippen LogP contribution in [0.25, 0.3) is 0 Å². The van der Waals surface area contributed by atoms with Gasteiger partial charge in [-0.1, -0.05) is 5.16 Å². The minimum Gasteiger partial charge on any atom is -0.481 e. The first kappa shape index (κ1) is 14.7.